The fourth-order valence-electron chi connectivity index (χ4n) is 4.02. The van der Waals surface area contributed by atoms with Crippen LogP contribution in [0.15, 0.2) is 84.9 Å². The van der Waals surface area contributed by atoms with E-state index in [1.807, 2.05) is 89.8 Å². The van der Waals surface area contributed by atoms with Crippen LogP contribution in [0.2, 0.25) is 0 Å². The molecule has 3 aromatic carbocycles. The molecule has 0 saturated heterocycles. The summed E-state index contributed by atoms with van der Waals surface area (Å²) in [5.41, 5.74) is 6.23. The van der Waals surface area contributed by atoms with E-state index in [0.29, 0.717) is 18.8 Å². The van der Waals surface area contributed by atoms with Crippen LogP contribution in [0.25, 0.3) is 22.4 Å². The summed E-state index contributed by atoms with van der Waals surface area (Å²) in [5.74, 6) is 0.696. The highest BCUT2D eigenvalue weighted by Crippen LogP contribution is 2.30. The van der Waals surface area contributed by atoms with Gasteiger partial charge in [-0.25, -0.2) is 0 Å². The molecule has 0 aliphatic carbocycles. The number of amides is 1. The molecule has 0 atom stereocenters. The molecular formula is C26H23N3O2. The molecule has 154 valence electrons. The van der Waals surface area contributed by atoms with Gasteiger partial charge in [0.1, 0.15) is 5.75 Å². The number of benzene rings is 3. The minimum absolute atomic E-state index is 0.0116. The molecule has 1 aliphatic rings. The number of aromatic amines is 1. The number of hydrogen-bond donors (Lipinski definition) is 1. The number of carbonyl (C=O) groups excluding carboxylic acids is 1. The van der Waals surface area contributed by atoms with E-state index < -0.39 is 0 Å². The van der Waals surface area contributed by atoms with Crippen LogP contribution in [0.1, 0.15) is 11.3 Å². The number of nitrogens with zero attached hydrogens (tertiary/aromatic N) is 2. The second kappa shape index (κ2) is 8.48. The summed E-state index contributed by atoms with van der Waals surface area (Å²) in [6.07, 6.45) is 0.765. The Bertz CT molecular complexity index is 1190. The summed E-state index contributed by atoms with van der Waals surface area (Å²) in [6.45, 7) is 1.21. The van der Waals surface area contributed by atoms with Crippen LogP contribution in [0.4, 0.5) is 0 Å². The van der Waals surface area contributed by atoms with Crippen LogP contribution in [0.3, 0.4) is 0 Å². The summed E-state index contributed by atoms with van der Waals surface area (Å²) in [7, 11) is 0. The van der Waals surface area contributed by atoms with Crippen molar-refractivity contribution < 1.29 is 9.53 Å². The fourth-order valence-corrected chi connectivity index (χ4v) is 4.02. The number of nitrogens with one attached hydrogen (secondary N) is 1. The van der Waals surface area contributed by atoms with Crippen molar-refractivity contribution >= 4 is 5.91 Å². The summed E-state index contributed by atoms with van der Waals surface area (Å²) >= 11 is 0. The number of ether oxygens (including phenoxy) is 1. The van der Waals surface area contributed by atoms with E-state index in [9.17, 15) is 4.79 Å². The van der Waals surface area contributed by atoms with Crippen molar-refractivity contribution in [2.24, 2.45) is 0 Å². The van der Waals surface area contributed by atoms with E-state index in [1.54, 1.807) is 0 Å². The molecule has 0 bridgehead atoms. The normalized spacial score (nSPS) is 13.0. The van der Waals surface area contributed by atoms with E-state index in [-0.39, 0.29) is 12.5 Å². The van der Waals surface area contributed by atoms with Gasteiger partial charge in [-0.05, 0) is 11.6 Å². The van der Waals surface area contributed by atoms with Crippen LogP contribution in [0.5, 0.6) is 5.75 Å². The zero-order valence-electron chi connectivity index (χ0n) is 17.1. The van der Waals surface area contributed by atoms with Crippen LogP contribution in [-0.2, 0) is 17.8 Å². The molecule has 0 spiro atoms. The second-order valence-electron chi connectivity index (χ2n) is 7.61. The first-order valence-corrected chi connectivity index (χ1v) is 10.5. The molecule has 0 radical (unpaired) electrons. The molecule has 5 heteroatoms. The SMILES string of the molecule is O=C(COc1ccccc1-c1ccccc1)N1CCc2[nH]nc(-c3ccccc3)c2C1. The number of aromatic nitrogens is 2. The Kier molecular flexibility index (Phi) is 5.23. The predicted molar refractivity (Wildman–Crippen MR) is 121 cm³/mol. The van der Waals surface area contributed by atoms with Gasteiger partial charge < -0.3 is 9.64 Å². The Labute approximate surface area is 181 Å². The van der Waals surface area contributed by atoms with Gasteiger partial charge in [0.05, 0.1) is 5.69 Å². The number of para-hydroxylation sites is 1. The Balaban J connectivity index is 1.30. The smallest absolute Gasteiger partial charge is 0.260 e. The van der Waals surface area contributed by atoms with Crippen molar-refractivity contribution in [3.05, 3.63) is 96.2 Å². The van der Waals surface area contributed by atoms with E-state index in [4.69, 9.17) is 4.74 Å². The van der Waals surface area contributed by atoms with E-state index in [0.717, 1.165) is 40.1 Å². The average molecular weight is 409 g/mol. The molecule has 0 fully saturated rings. The maximum Gasteiger partial charge on any atom is 0.260 e. The molecule has 5 rings (SSSR count). The number of H-pyrrole nitrogens is 1. The lowest BCUT2D eigenvalue weighted by molar-refractivity contribution is -0.134. The molecule has 31 heavy (non-hydrogen) atoms. The second-order valence-corrected chi connectivity index (χ2v) is 7.61. The van der Waals surface area contributed by atoms with Crippen molar-refractivity contribution in [1.29, 1.82) is 0 Å². The molecular weight excluding hydrogens is 386 g/mol. The maximum absolute atomic E-state index is 13.0. The van der Waals surface area contributed by atoms with Gasteiger partial charge >= 0.3 is 0 Å². The Morgan fingerprint density at radius 1 is 0.903 bits per heavy atom. The average Bonchev–Trinajstić information content (AvgIpc) is 3.27. The van der Waals surface area contributed by atoms with Gasteiger partial charge in [0.15, 0.2) is 6.61 Å². The van der Waals surface area contributed by atoms with Crippen molar-refractivity contribution in [2.45, 2.75) is 13.0 Å². The molecule has 0 saturated carbocycles. The van der Waals surface area contributed by atoms with Crippen molar-refractivity contribution in [3.8, 4) is 28.1 Å². The molecule has 5 nitrogen and oxygen atoms in total. The zero-order chi connectivity index (χ0) is 21.0. The highest BCUT2D eigenvalue weighted by Gasteiger charge is 2.26. The number of hydrogen-bond acceptors (Lipinski definition) is 3. The highest BCUT2D eigenvalue weighted by atomic mass is 16.5. The lowest BCUT2D eigenvalue weighted by Crippen LogP contribution is -2.38. The van der Waals surface area contributed by atoms with Crippen molar-refractivity contribution in [1.82, 2.24) is 15.1 Å². The van der Waals surface area contributed by atoms with Crippen molar-refractivity contribution in [3.63, 3.8) is 0 Å². The van der Waals surface area contributed by atoms with Gasteiger partial charge in [-0.15, -0.1) is 0 Å². The minimum Gasteiger partial charge on any atom is -0.483 e. The van der Waals surface area contributed by atoms with Gasteiger partial charge in [-0.3, -0.25) is 9.89 Å². The Hall–Kier alpha value is -3.86. The van der Waals surface area contributed by atoms with Crippen molar-refractivity contribution in [2.75, 3.05) is 13.2 Å². The van der Waals surface area contributed by atoms with E-state index >= 15 is 0 Å². The first kappa shape index (κ1) is 19.1. The summed E-state index contributed by atoms with van der Waals surface area (Å²) in [5, 5.41) is 7.65. The summed E-state index contributed by atoms with van der Waals surface area (Å²) < 4.78 is 5.98. The van der Waals surface area contributed by atoms with Gasteiger partial charge in [-0.1, -0.05) is 78.9 Å². The Morgan fingerprint density at radius 3 is 2.35 bits per heavy atom. The topological polar surface area (TPSA) is 58.2 Å². The lowest BCUT2D eigenvalue weighted by Gasteiger charge is -2.27. The van der Waals surface area contributed by atoms with Crippen LogP contribution >= 0.6 is 0 Å². The standard InChI is InChI=1S/C26H23N3O2/c30-25(18-31-24-14-8-7-13-21(24)19-9-3-1-4-10-19)29-16-15-23-22(17-29)26(28-27-23)20-11-5-2-6-12-20/h1-14H,15-18H2,(H,27,28). The van der Waals surface area contributed by atoms with Crippen LogP contribution in [-0.4, -0.2) is 34.2 Å². The molecule has 4 aromatic rings. The molecule has 1 N–H and O–H groups in total. The predicted octanol–water partition coefficient (Wildman–Crippen LogP) is 4.71. The summed E-state index contributed by atoms with van der Waals surface area (Å²) in [6, 6.07) is 28.0. The molecule has 1 amide bonds. The quantitative estimate of drug-likeness (QED) is 0.519. The Morgan fingerprint density at radius 2 is 1.58 bits per heavy atom. The van der Waals surface area contributed by atoms with Gasteiger partial charge in [0.25, 0.3) is 5.91 Å². The van der Waals surface area contributed by atoms with Gasteiger partial charge in [0.2, 0.25) is 0 Å². The first-order chi connectivity index (χ1) is 15.3. The van der Waals surface area contributed by atoms with Crippen LogP contribution < -0.4 is 4.74 Å². The zero-order valence-corrected chi connectivity index (χ0v) is 17.1. The number of fused-ring (bicyclic) bond motifs is 1. The largest absolute Gasteiger partial charge is 0.483 e. The first-order valence-electron chi connectivity index (χ1n) is 10.5. The maximum atomic E-state index is 13.0. The third-order valence-electron chi connectivity index (χ3n) is 5.66. The van der Waals surface area contributed by atoms with Gasteiger partial charge in [-0.2, -0.15) is 5.10 Å². The number of carbonyl (C=O) groups is 1. The van der Waals surface area contributed by atoms with Crippen LogP contribution in [0, 0.1) is 0 Å². The molecule has 1 aliphatic heterocycles. The molecule has 2 heterocycles. The monoisotopic (exact) mass is 409 g/mol. The van der Waals surface area contributed by atoms with E-state index in [1.165, 1.54) is 0 Å². The third-order valence-corrected chi connectivity index (χ3v) is 5.66. The minimum atomic E-state index is -0.0197. The number of rotatable bonds is 5. The molecule has 0 unspecified atom stereocenters. The summed E-state index contributed by atoms with van der Waals surface area (Å²) in [4.78, 5) is 14.8. The third kappa shape index (κ3) is 3.94. The van der Waals surface area contributed by atoms with Gasteiger partial charge in [0, 0.05) is 41.9 Å². The van der Waals surface area contributed by atoms with E-state index in [2.05, 4.69) is 10.2 Å². The fraction of sp³-hybridized carbons (Fsp3) is 0.154. The highest BCUT2D eigenvalue weighted by molar-refractivity contribution is 5.79. The lowest BCUT2D eigenvalue weighted by atomic mass is 10.0. The molecule has 1 aromatic heterocycles.